The third-order valence-corrected chi connectivity index (χ3v) is 1.97. The quantitative estimate of drug-likeness (QED) is 0.609. The molecule has 0 bridgehead atoms. The molecule has 0 heterocycles. The summed E-state index contributed by atoms with van der Waals surface area (Å²) in [5.74, 6) is 0. The summed E-state index contributed by atoms with van der Waals surface area (Å²) in [6.07, 6.45) is 1.17. The van der Waals surface area contributed by atoms with Gasteiger partial charge in [0.05, 0.1) is 0 Å². The maximum absolute atomic E-state index is 11.6. The van der Waals surface area contributed by atoms with Crippen molar-refractivity contribution in [2.75, 3.05) is 0 Å². The van der Waals surface area contributed by atoms with Gasteiger partial charge in [0.25, 0.3) is 0 Å². The van der Waals surface area contributed by atoms with Gasteiger partial charge in [-0.1, -0.05) is 53.6 Å². The Morgan fingerprint density at radius 1 is 1.33 bits per heavy atom. The first-order valence-electron chi connectivity index (χ1n) is 4.09. The number of hydrogen-bond donors (Lipinski definition) is 0. The summed E-state index contributed by atoms with van der Waals surface area (Å²) in [6, 6.07) is 9.43. The van der Waals surface area contributed by atoms with Crippen molar-refractivity contribution < 1.29 is 5.11 Å². The van der Waals surface area contributed by atoms with E-state index in [9.17, 15) is 5.11 Å². The molecule has 0 saturated heterocycles. The molecule has 64 valence electrons. The average Bonchev–Trinajstić information content (AvgIpc) is 2.17. The monoisotopic (exact) mass is 161 g/mol. The van der Waals surface area contributed by atoms with Crippen LogP contribution >= 0.6 is 0 Å². The second-order valence-electron chi connectivity index (χ2n) is 2.82. The second-order valence-corrected chi connectivity index (χ2v) is 2.82. The van der Waals surface area contributed by atoms with E-state index in [1.165, 1.54) is 0 Å². The Bertz CT molecular complexity index is 262. The molecule has 0 spiro atoms. The number of benzene rings is 1. The highest BCUT2D eigenvalue weighted by Crippen LogP contribution is 2.16. The summed E-state index contributed by atoms with van der Waals surface area (Å²) >= 11 is 0. The summed E-state index contributed by atoms with van der Waals surface area (Å²) in [7, 11) is 0. The van der Waals surface area contributed by atoms with Crippen LogP contribution in [0.3, 0.4) is 0 Å². The standard InChI is InChI=1S/C11H13O/c1-3-9(2)11(12)10-7-5-4-6-8-10/h3-8,11H,1-2H3/q-1/b9-3-. The van der Waals surface area contributed by atoms with E-state index in [0.717, 1.165) is 11.1 Å². The van der Waals surface area contributed by atoms with Gasteiger partial charge in [0.15, 0.2) is 0 Å². The summed E-state index contributed by atoms with van der Waals surface area (Å²) in [5, 5.41) is 11.6. The van der Waals surface area contributed by atoms with Crippen molar-refractivity contribution in [2.24, 2.45) is 0 Å². The van der Waals surface area contributed by atoms with Gasteiger partial charge in [-0.15, -0.1) is 0 Å². The van der Waals surface area contributed by atoms with E-state index in [2.05, 4.69) is 0 Å². The maximum Gasteiger partial charge on any atom is -0.0447 e. The minimum absolute atomic E-state index is 0.698. The van der Waals surface area contributed by atoms with Crippen LogP contribution in [0.1, 0.15) is 25.5 Å². The minimum Gasteiger partial charge on any atom is -0.845 e. The van der Waals surface area contributed by atoms with Gasteiger partial charge in [-0.3, -0.25) is 0 Å². The average molecular weight is 161 g/mol. The SMILES string of the molecule is C/C=C(/C)C([O-])c1ccccc1. The summed E-state index contributed by atoms with van der Waals surface area (Å²) in [4.78, 5) is 0. The van der Waals surface area contributed by atoms with Crippen molar-refractivity contribution in [2.45, 2.75) is 20.0 Å². The van der Waals surface area contributed by atoms with E-state index in [1.54, 1.807) is 0 Å². The first-order chi connectivity index (χ1) is 5.75. The third kappa shape index (κ3) is 1.95. The molecular formula is C11H13O-. The van der Waals surface area contributed by atoms with Crippen LogP contribution in [0.15, 0.2) is 42.0 Å². The van der Waals surface area contributed by atoms with E-state index >= 15 is 0 Å². The smallest absolute Gasteiger partial charge is 0.0447 e. The van der Waals surface area contributed by atoms with Gasteiger partial charge < -0.3 is 5.11 Å². The van der Waals surface area contributed by atoms with E-state index in [4.69, 9.17) is 0 Å². The largest absolute Gasteiger partial charge is 0.845 e. The van der Waals surface area contributed by atoms with Crippen LogP contribution in [0.25, 0.3) is 0 Å². The molecule has 0 aromatic heterocycles. The number of allylic oxidation sites excluding steroid dienone is 1. The Morgan fingerprint density at radius 2 is 1.92 bits per heavy atom. The van der Waals surface area contributed by atoms with E-state index in [1.807, 2.05) is 50.3 Å². The Balaban J connectivity index is 2.86. The molecule has 1 aromatic rings. The predicted octanol–water partition coefficient (Wildman–Crippen LogP) is 2.05. The molecule has 0 radical (unpaired) electrons. The fraction of sp³-hybridized carbons (Fsp3) is 0.273. The molecule has 1 heteroatoms. The highest BCUT2D eigenvalue weighted by molar-refractivity contribution is 5.23. The molecule has 0 aliphatic heterocycles. The van der Waals surface area contributed by atoms with Gasteiger partial charge in [0.1, 0.15) is 0 Å². The van der Waals surface area contributed by atoms with E-state index in [-0.39, 0.29) is 0 Å². The van der Waals surface area contributed by atoms with Crippen LogP contribution in [0.2, 0.25) is 0 Å². The molecule has 0 aliphatic rings. The predicted molar refractivity (Wildman–Crippen MR) is 48.6 cm³/mol. The van der Waals surface area contributed by atoms with Crippen molar-refractivity contribution in [1.29, 1.82) is 0 Å². The fourth-order valence-electron chi connectivity index (χ4n) is 1.04. The second kappa shape index (κ2) is 4.07. The molecule has 1 rings (SSSR count). The molecule has 1 atom stereocenters. The highest BCUT2D eigenvalue weighted by atomic mass is 16.3. The van der Waals surface area contributed by atoms with Crippen molar-refractivity contribution in [3.05, 3.63) is 47.5 Å². The molecule has 0 N–H and O–H groups in total. The lowest BCUT2D eigenvalue weighted by Gasteiger charge is -2.23. The minimum atomic E-state index is -0.698. The zero-order valence-electron chi connectivity index (χ0n) is 7.45. The lowest BCUT2D eigenvalue weighted by Crippen LogP contribution is -2.16. The van der Waals surface area contributed by atoms with Gasteiger partial charge in [-0.2, -0.15) is 0 Å². The molecular weight excluding hydrogens is 148 g/mol. The molecule has 0 amide bonds. The van der Waals surface area contributed by atoms with Gasteiger partial charge in [0, 0.05) is 0 Å². The Hall–Kier alpha value is -1.08. The van der Waals surface area contributed by atoms with Crippen LogP contribution in [-0.4, -0.2) is 0 Å². The van der Waals surface area contributed by atoms with Crippen LogP contribution in [0, 0.1) is 0 Å². The van der Waals surface area contributed by atoms with Gasteiger partial charge in [0.2, 0.25) is 0 Å². The number of hydrogen-bond acceptors (Lipinski definition) is 1. The van der Waals surface area contributed by atoms with Crippen molar-refractivity contribution in [3.8, 4) is 0 Å². The molecule has 1 aromatic carbocycles. The first kappa shape index (κ1) is 9.01. The van der Waals surface area contributed by atoms with Gasteiger partial charge in [-0.05, 0) is 13.8 Å². The molecule has 0 saturated carbocycles. The Labute approximate surface area is 73.4 Å². The summed E-state index contributed by atoms with van der Waals surface area (Å²) in [5.41, 5.74) is 1.72. The topological polar surface area (TPSA) is 23.1 Å². The zero-order chi connectivity index (χ0) is 8.97. The Kier molecular flexibility index (Phi) is 3.06. The highest BCUT2D eigenvalue weighted by Gasteiger charge is 1.97. The molecule has 0 aliphatic carbocycles. The summed E-state index contributed by atoms with van der Waals surface area (Å²) in [6.45, 7) is 3.76. The maximum atomic E-state index is 11.6. The van der Waals surface area contributed by atoms with Crippen LogP contribution in [0.4, 0.5) is 0 Å². The van der Waals surface area contributed by atoms with Crippen LogP contribution < -0.4 is 5.11 Å². The third-order valence-electron chi connectivity index (χ3n) is 1.97. The van der Waals surface area contributed by atoms with Crippen molar-refractivity contribution >= 4 is 0 Å². The molecule has 12 heavy (non-hydrogen) atoms. The van der Waals surface area contributed by atoms with Crippen molar-refractivity contribution in [1.82, 2.24) is 0 Å². The molecule has 1 nitrogen and oxygen atoms in total. The van der Waals surface area contributed by atoms with Crippen LogP contribution in [0.5, 0.6) is 0 Å². The van der Waals surface area contributed by atoms with Crippen molar-refractivity contribution in [3.63, 3.8) is 0 Å². The lowest BCUT2D eigenvalue weighted by atomic mass is 10.0. The molecule has 0 fully saturated rings. The fourth-order valence-corrected chi connectivity index (χ4v) is 1.04. The van der Waals surface area contributed by atoms with Crippen LogP contribution in [-0.2, 0) is 0 Å². The normalized spacial score (nSPS) is 14.4. The van der Waals surface area contributed by atoms with E-state index < -0.39 is 6.10 Å². The van der Waals surface area contributed by atoms with E-state index in [0.29, 0.717) is 0 Å². The summed E-state index contributed by atoms with van der Waals surface area (Å²) < 4.78 is 0. The van der Waals surface area contributed by atoms with Gasteiger partial charge in [-0.25, -0.2) is 0 Å². The number of rotatable bonds is 2. The van der Waals surface area contributed by atoms with Gasteiger partial charge >= 0.3 is 0 Å². The lowest BCUT2D eigenvalue weighted by molar-refractivity contribution is -0.412. The Morgan fingerprint density at radius 3 is 2.42 bits per heavy atom. The molecule has 1 unspecified atom stereocenters. The zero-order valence-corrected chi connectivity index (χ0v) is 7.45. The first-order valence-corrected chi connectivity index (χ1v) is 4.09.